The molecule has 168 valence electrons. The third kappa shape index (κ3) is 4.45. The number of aromatic nitrogens is 2. The van der Waals surface area contributed by atoms with E-state index in [4.69, 9.17) is 10.5 Å². The van der Waals surface area contributed by atoms with Gasteiger partial charge in [0.15, 0.2) is 11.6 Å². The van der Waals surface area contributed by atoms with Gasteiger partial charge in [0.1, 0.15) is 11.9 Å². The van der Waals surface area contributed by atoms with Crippen molar-refractivity contribution in [2.75, 3.05) is 18.8 Å². The summed E-state index contributed by atoms with van der Waals surface area (Å²) in [6, 6.07) is 4.11. The molecule has 1 aromatic heterocycles. The van der Waals surface area contributed by atoms with E-state index in [-0.39, 0.29) is 31.0 Å². The molecule has 2 aliphatic heterocycles. The molecular weight excluding hydrogens is 416 g/mol. The number of anilines is 1. The fourth-order valence-corrected chi connectivity index (χ4v) is 4.48. The first-order chi connectivity index (χ1) is 14.6. The molecule has 2 N–H and O–H groups in total. The molecule has 0 radical (unpaired) electrons. The highest BCUT2D eigenvalue weighted by atomic mass is 19.3. The Hall–Kier alpha value is -2.46. The van der Waals surface area contributed by atoms with Crippen molar-refractivity contribution in [2.24, 2.45) is 5.92 Å². The van der Waals surface area contributed by atoms with Crippen molar-refractivity contribution in [2.45, 2.75) is 51.0 Å². The van der Waals surface area contributed by atoms with Crippen LogP contribution in [0.4, 0.5) is 23.4 Å². The van der Waals surface area contributed by atoms with Gasteiger partial charge in [-0.25, -0.2) is 22.4 Å². The third-order valence-corrected chi connectivity index (χ3v) is 5.99. The Labute approximate surface area is 176 Å². The van der Waals surface area contributed by atoms with Crippen molar-refractivity contribution >= 4 is 5.82 Å². The largest absolute Gasteiger partial charge is 0.383 e. The predicted molar refractivity (Wildman–Crippen MR) is 106 cm³/mol. The predicted octanol–water partition coefficient (Wildman–Crippen LogP) is 2.59. The highest BCUT2D eigenvalue weighted by molar-refractivity contribution is 5.31. The molecule has 1 saturated heterocycles. The van der Waals surface area contributed by atoms with Gasteiger partial charge >= 0.3 is 5.69 Å². The number of rotatable bonds is 5. The highest BCUT2D eigenvalue weighted by Crippen LogP contribution is 2.40. The molecule has 0 bridgehead atoms. The van der Waals surface area contributed by atoms with Crippen LogP contribution in [0.5, 0.6) is 0 Å². The van der Waals surface area contributed by atoms with Crippen LogP contribution in [0, 0.1) is 17.6 Å². The first kappa shape index (κ1) is 21.8. The van der Waals surface area contributed by atoms with E-state index in [1.807, 2.05) is 4.90 Å². The summed E-state index contributed by atoms with van der Waals surface area (Å²) in [6.45, 7) is 2.50. The zero-order chi connectivity index (χ0) is 22.3. The summed E-state index contributed by atoms with van der Waals surface area (Å²) < 4.78 is 64.0. The number of nitrogens with two attached hydrogens (primary N) is 1. The van der Waals surface area contributed by atoms with E-state index in [1.54, 1.807) is 13.0 Å². The molecular formula is C21H24F4N4O2. The lowest BCUT2D eigenvalue weighted by Gasteiger charge is -2.31. The lowest BCUT2D eigenvalue weighted by molar-refractivity contribution is -0.103. The second-order valence-corrected chi connectivity index (χ2v) is 8.39. The number of ether oxygens (including phenoxy) is 1. The van der Waals surface area contributed by atoms with Gasteiger partial charge in [-0.15, -0.1) is 0 Å². The Morgan fingerprint density at radius 1 is 1.32 bits per heavy atom. The van der Waals surface area contributed by atoms with Crippen molar-refractivity contribution in [3.05, 3.63) is 57.6 Å². The fourth-order valence-electron chi connectivity index (χ4n) is 4.48. The van der Waals surface area contributed by atoms with Crippen LogP contribution < -0.4 is 11.4 Å². The smallest absolute Gasteiger partial charge is 0.349 e. The Balaban J connectivity index is 1.41. The maximum absolute atomic E-state index is 14.7. The van der Waals surface area contributed by atoms with Crippen LogP contribution in [0.1, 0.15) is 24.5 Å². The standard InChI is InChI=1S/C21H24F4N4O2/c1-12(9-29-7-5-17(26)27-20(29)30)19-21(24,25)8-14(31-19)10-28-6-4-13-2-3-16(22)18(23)15(13)11-28/h2-3,5,7,12,14,19H,4,6,8-11H2,1H3,(H2,26,27,30). The molecule has 3 unspecified atom stereocenters. The minimum absolute atomic E-state index is 0.0146. The van der Waals surface area contributed by atoms with E-state index < -0.39 is 47.8 Å². The minimum Gasteiger partial charge on any atom is -0.383 e. The van der Waals surface area contributed by atoms with Crippen molar-refractivity contribution in [3.8, 4) is 0 Å². The molecule has 3 heterocycles. The van der Waals surface area contributed by atoms with E-state index in [2.05, 4.69) is 4.98 Å². The van der Waals surface area contributed by atoms with E-state index >= 15 is 0 Å². The highest BCUT2D eigenvalue weighted by Gasteiger charge is 2.52. The number of fused-ring (bicyclic) bond motifs is 1. The normalized spacial score (nSPS) is 24.2. The Kier molecular flexibility index (Phi) is 5.78. The summed E-state index contributed by atoms with van der Waals surface area (Å²) >= 11 is 0. The summed E-state index contributed by atoms with van der Waals surface area (Å²) in [5.41, 5.74) is 5.87. The molecule has 0 saturated carbocycles. The van der Waals surface area contributed by atoms with Gasteiger partial charge in [-0.1, -0.05) is 13.0 Å². The SMILES string of the molecule is CC(Cn1ccc(N)nc1=O)C1OC(CN2CCc3ccc(F)c(F)c3C2)CC1(F)F. The summed E-state index contributed by atoms with van der Waals surface area (Å²) in [6.07, 6.45) is -0.644. The number of hydrogen-bond acceptors (Lipinski definition) is 5. The molecule has 3 atom stereocenters. The monoisotopic (exact) mass is 440 g/mol. The van der Waals surface area contributed by atoms with Gasteiger partial charge in [-0.05, 0) is 24.1 Å². The van der Waals surface area contributed by atoms with Crippen LogP contribution in [0.15, 0.2) is 29.2 Å². The van der Waals surface area contributed by atoms with Gasteiger partial charge in [-0.3, -0.25) is 9.47 Å². The van der Waals surface area contributed by atoms with Crippen LogP contribution in [0.3, 0.4) is 0 Å². The number of hydrogen-bond donors (Lipinski definition) is 1. The van der Waals surface area contributed by atoms with Gasteiger partial charge in [0.05, 0.1) is 6.10 Å². The molecule has 10 heteroatoms. The molecule has 0 aliphatic carbocycles. The molecule has 2 aromatic rings. The molecule has 1 fully saturated rings. The van der Waals surface area contributed by atoms with Crippen molar-refractivity contribution in [3.63, 3.8) is 0 Å². The average Bonchev–Trinajstić information content (AvgIpc) is 3.01. The summed E-state index contributed by atoms with van der Waals surface area (Å²) in [5.74, 6) is -5.45. The minimum atomic E-state index is -3.07. The number of halogens is 4. The van der Waals surface area contributed by atoms with E-state index in [9.17, 15) is 22.4 Å². The molecule has 4 rings (SSSR count). The summed E-state index contributed by atoms with van der Waals surface area (Å²) in [5, 5.41) is 0. The van der Waals surface area contributed by atoms with E-state index in [1.165, 1.54) is 16.8 Å². The van der Waals surface area contributed by atoms with Crippen molar-refractivity contribution in [1.29, 1.82) is 0 Å². The zero-order valence-corrected chi connectivity index (χ0v) is 17.0. The van der Waals surface area contributed by atoms with Crippen molar-refractivity contribution in [1.82, 2.24) is 14.5 Å². The topological polar surface area (TPSA) is 73.4 Å². The molecule has 0 spiro atoms. The van der Waals surface area contributed by atoms with E-state index in [0.29, 0.717) is 13.0 Å². The van der Waals surface area contributed by atoms with Gasteiger partial charge in [0, 0.05) is 50.3 Å². The Morgan fingerprint density at radius 2 is 2.10 bits per heavy atom. The maximum Gasteiger partial charge on any atom is 0.349 e. The third-order valence-electron chi connectivity index (χ3n) is 5.99. The maximum atomic E-state index is 14.7. The fraction of sp³-hybridized carbons (Fsp3) is 0.524. The Morgan fingerprint density at radius 3 is 2.84 bits per heavy atom. The van der Waals surface area contributed by atoms with Crippen LogP contribution in [0.2, 0.25) is 0 Å². The quantitative estimate of drug-likeness (QED) is 0.724. The second-order valence-electron chi connectivity index (χ2n) is 8.39. The molecule has 31 heavy (non-hydrogen) atoms. The Bertz CT molecular complexity index is 1030. The number of nitrogen functional groups attached to an aromatic ring is 1. The molecule has 1 aromatic carbocycles. The van der Waals surface area contributed by atoms with Gasteiger partial charge in [0.2, 0.25) is 0 Å². The van der Waals surface area contributed by atoms with Crippen LogP contribution in [-0.4, -0.2) is 45.7 Å². The van der Waals surface area contributed by atoms with Crippen molar-refractivity contribution < 1.29 is 22.3 Å². The van der Waals surface area contributed by atoms with Gasteiger partial charge in [0.25, 0.3) is 5.92 Å². The average molecular weight is 440 g/mol. The number of nitrogens with zero attached hydrogens (tertiary/aromatic N) is 3. The van der Waals surface area contributed by atoms with Crippen LogP contribution in [0.25, 0.3) is 0 Å². The first-order valence-electron chi connectivity index (χ1n) is 10.2. The summed E-state index contributed by atoms with van der Waals surface area (Å²) in [4.78, 5) is 17.3. The number of alkyl halides is 2. The first-order valence-corrected chi connectivity index (χ1v) is 10.2. The van der Waals surface area contributed by atoms with E-state index in [0.717, 1.165) is 11.6 Å². The lowest BCUT2D eigenvalue weighted by Crippen LogP contribution is -2.39. The summed E-state index contributed by atoms with van der Waals surface area (Å²) in [7, 11) is 0. The van der Waals surface area contributed by atoms with Crippen LogP contribution >= 0.6 is 0 Å². The molecule has 2 aliphatic rings. The second kappa shape index (κ2) is 8.23. The molecule has 6 nitrogen and oxygen atoms in total. The van der Waals surface area contributed by atoms with Crippen LogP contribution in [-0.2, 0) is 24.2 Å². The molecule has 0 amide bonds. The lowest BCUT2D eigenvalue weighted by atomic mass is 9.97. The van der Waals surface area contributed by atoms with Gasteiger partial charge < -0.3 is 10.5 Å². The zero-order valence-electron chi connectivity index (χ0n) is 17.0. The van der Waals surface area contributed by atoms with Gasteiger partial charge in [-0.2, -0.15) is 4.98 Å². The number of benzene rings is 1.